The molecule has 0 saturated carbocycles. The van der Waals surface area contributed by atoms with Crippen molar-refractivity contribution in [1.29, 1.82) is 0 Å². The van der Waals surface area contributed by atoms with E-state index < -0.39 is 0 Å². The molecule has 0 radical (unpaired) electrons. The van der Waals surface area contributed by atoms with Gasteiger partial charge in [-0.05, 0) is 55.7 Å². The number of aromatic nitrogens is 1. The van der Waals surface area contributed by atoms with Crippen LogP contribution >= 0.6 is 37.2 Å². The summed E-state index contributed by atoms with van der Waals surface area (Å²) in [5.74, 6) is 0.494. The minimum atomic E-state index is 0. The summed E-state index contributed by atoms with van der Waals surface area (Å²) in [4.78, 5) is 4.12. The van der Waals surface area contributed by atoms with Crippen molar-refractivity contribution < 1.29 is 0 Å². The van der Waals surface area contributed by atoms with Gasteiger partial charge >= 0.3 is 0 Å². The van der Waals surface area contributed by atoms with E-state index in [0.717, 1.165) is 12.1 Å². The molecule has 2 heterocycles. The number of nitrogens with one attached hydrogen (secondary N) is 1. The van der Waals surface area contributed by atoms with Crippen LogP contribution in [0.2, 0.25) is 0 Å². The van der Waals surface area contributed by atoms with Gasteiger partial charge in [0.25, 0.3) is 0 Å². The first-order chi connectivity index (χ1) is 9.56. The molecule has 3 rings (SSSR count). The highest BCUT2D eigenvalue weighted by atomic mass is 35.5. The average Bonchev–Trinajstić information content (AvgIpc) is 2.76. The van der Waals surface area contributed by atoms with Gasteiger partial charge in [-0.15, -0.1) is 37.2 Å². The zero-order valence-electron chi connectivity index (χ0n) is 13.2. The first kappa shape index (κ1) is 22.0. The Hall–Kier alpha value is -1.000. The van der Waals surface area contributed by atoms with Gasteiger partial charge in [-0.3, -0.25) is 4.98 Å². The lowest BCUT2D eigenvalue weighted by molar-refractivity contribution is 0.397. The summed E-state index contributed by atoms with van der Waals surface area (Å²) in [6.07, 6.45) is 4.85. The summed E-state index contributed by atoms with van der Waals surface area (Å²) in [5, 5.41) is 3.75. The zero-order chi connectivity index (χ0) is 14.2. The van der Waals surface area contributed by atoms with E-state index >= 15 is 0 Å². The number of nitrogens with zero attached hydrogens (tertiary/aromatic N) is 1. The van der Waals surface area contributed by atoms with E-state index in [1.165, 1.54) is 11.1 Å². The normalized spacial score (nSPS) is 21.5. The van der Waals surface area contributed by atoms with Gasteiger partial charge in [0.1, 0.15) is 0 Å². The smallest absolute Gasteiger partial charge is 0.0331 e. The second-order valence-electron chi connectivity index (χ2n) is 6.15. The SMILES string of the molecule is CC1(C)N[C@H](c2ccc(N)cc2)C[C@H]1c1ccncc1.Cl.Cl.Cl. The van der Waals surface area contributed by atoms with Crippen molar-refractivity contribution >= 4 is 42.9 Å². The highest BCUT2D eigenvalue weighted by Crippen LogP contribution is 2.43. The number of hydrogen-bond acceptors (Lipinski definition) is 3. The number of pyridine rings is 1. The van der Waals surface area contributed by atoms with Crippen molar-refractivity contribution in [1.82, 2.24) is 10.3 Å². The lowest BCUT2D eigenvalue weighted by Gasteiger charge is -2.27. The molecule has 23 heavy (non-hydrogen) atoms. The van der Waals surface area contributed by atoms with Crippen LogP contribution < -0.4 is 11.1 Å². The molecule has 2 aromatic rings. The molecule has 1 aromatic carbocycles. The maximum Gasteiger partial charge on any atom is 0.0331 e. The summed E-state index contributed by atoms with van der Waals surface area (Å²) in [7, 11) is 0. The molecular weight excluding hydrogens is 353 g/mol. The fourth-order valence-corrected chi connectivity index (χ4v) is 3.24. The van der Waals surface area contributed by atoms with Crippen molar-refractivity contribution in [3.63, 3.8) is 0 Å². The molecule has 3 nitrogen and oxygen atoms in total. The second-order valence-corrected chi connectivity index (χ2v) is 6.15. The Labute approximate surface area is 156 Å². The highest BCUT2D eigenvalue weighted by molar-refractivity contribution is 5.86. The van der Waals surface area contributed by atoms with Gasteiger partial charge in [-0.25, -0.2) is 0 Å². The topological polar surface area (TPSA) is 50.9 Å². The third-order valence-electron chi connectivity index (χ3n) is 4.34. The lowest BCUT2D eigenvalue weighted by atomic mass is 9.83. The van der Waals surface area contributed by atoms with Crippen LogP contribution in [0.3, 0.4) is 0 Å². The Morgan fingerprint density at radius 3 is 2.09 bits per heavy atom. The van der Waals surface area contributed by atoms with Crippen LogP contribution in [0.4, 0.5) is 5.69 Å². The lowest BCUT2D eigenvalue weighted by Crippen LogP contribution is -2.37. The summed E-state index contributed by atoms with van der Waals surface area (Å²) in [6, 6.07) is 12.8. The van der Waals surface area contributed by atoms with Gasteiger partial charge in [0.2, 0.25) is 0 Å². The largest absolute Gasteiger partial charge is 0.399 e. The van der Waals surface area contributed by atoms with Crippen molar-refractivity contribution in [3.05, 3.63) is 59.9 Å². The molecule has 1 fully saturated rings. The minimum absolute atomic E-state index is 0. The summed E-state index contributed by atoms with van der Waals surface area (Å²) in [6.45, 7) is 4.55. The predicted octanol–water partition coefficient (Wildman–Crippen LogP) is 4.53. The van der Waals surface area contributed by atoms with Gasteiger partial charge in [0, 0.05) is 35.6 Å². The molecular formula is C17H24Cl3N3. The minimum Gasteiger partial charge on any atom is -0.399 e. The van der Waals surface area contributed by atoms with E-state index in [9.17, 15) is 0 Å². The number of rotatable bonds is 2. The third-order valence-corrected chi connectivity index (χ3v) is 4.34. The van der Waals surface area contributed by atoms with Gasteiger partial charge in [-0.1, -0.05) is 12.1 Å². The highest BCUT2D eigenvalue weighted by Gasteiger charge is 2.40. The van der Waals surface area contributed by atoms with Crippen LogP contribution in [-0.4, -0.2) is 10.5 Å². The van der Waals surface area contributed by atoms with Gasteiger partial charge < -0.3 is 11.1 Å². The Bertz CT molecular complexity index is 588. The molecule has 0 unspecified atom stereocenters. The Kier molecular flexibility index (Phi) is 8.36. The van der Waals surface area contributed by atoms with E-state index in [4.69, 9.17) is 5.73 Å². The number of anilines is 1. The molecule has 6 heteroatoms. The van der Waals surface area contributed by atoms with Crippen molar-refractivity contribution in [2.45, 2.75) is 37.8 Å². The van der Waals surface area contributed by atoms with Crippen molar-refractivity contribution in [2.24, 2.45) is 0 Å². The van der Waals surface area contributed by atoms with E-state index in [0.29, 0.717) is 12.0 Å². The van der Waals surface area contributed by atoms with Crippen LogP contribution in [0.15, 0.2) is 48.8 Å². The van der Waals surface area contributed by atoms with Gasteiger partial charge in [0.15, 0.2) is 0 Å². The number of benzene rings is 1. The molecule has 0 spiro atoms. The molecule has 1 saturated heterocycles. The van der Waals surface area contributed by atoms with Crippen molar-refractivity contribution in [2.75, 3.05) is 5.73 Å². The van der Waals surface area contributed by atoms with E-state index in [1.54, 1.807) is 0 Å². The monoisotopic (exact) mass is 375 g/mol. The fraction of sp³-hybridized carbons (Fsp3) is 0.353. The van der Waals surface area contributed by atoms with Crippen LogP contribution in [0.5, 0.6) is 0 Å². The number of hydrogen-bond donors (Lipinski definition) is 2. The molecule has 1 aromatic heterocycles. The maximum absolute atomic E-state index is 5.77. The summed E-state index contributed by atoms with van der Waals surface area (Å²) in [5.41, 5.74) is 9.33. The number of nitrogens with two attached hydrogens (primary N) is 1. The second kappa shape index (κ2) is 8.74. The Balaban J connectivity index is 0.00000161. The molecule has 1 aliphatic heterocycles. The number of halogens is 3. The van der Waals surface area contributed by atoms with Gasteiger partial charge in [-0.2, -0.15) is 0 Å². The first-order valence-electron chi connectivity index (χ1n) is 7.09. The van der Waals surface area contributed by atoms with E-state index in [2.05, 4.69) is 48.4 Å². The summed E-state index contributed by atoms with van der Waals surface area (Å²) >= 11 is 0. The molecule has 0 aliphatic carbocycles. The fourth-order valence-electron chi connectivity index (χ4n) is 3.24. The quantitative estimate of drug-likeness (QED) is 0.757. The average molecular weight is 377 g/mol. The van der Waals surface area contributed by atoms with E-state index in [-0.39, 0.29) is 42.8 Å². The van der Waals surface area contributed by atoms with Gasteiger partial charge in [0.05, 0.1) is 0 Å². The van der Waals surface area contributed by atoms with Crippen LogP contribution in [0.1, 0.15) is 43.4 Å². The molecule has 2 atom stereocenters. The number of nitrogen functional groups attached to an aromatic ring is 1. The standard InChI is InChI=1S/C17H21N3.3ClH/c1-17(2)15(12-7-9-19-10-8-12)11-16(20-17)13-3-5-14(18)6-4-13;;;/h3-10,15-16,20H,11,18H2,1-2H3;3*1H/t15-,16-;;;/m0.../s1. The van der Waals surface area contributed by atoms with Crippen LogP contribution in [-0.2, 0) is 0 Å². The van der Waals surface area contributed by atoms with E-state index in [1.807, 2.05) is 24.5 Å². The maximum atomic E-state index is 5.77. The molecule has 128 valence electrons. The Morgan fingerprint density at radius 2 is 1.52 bits per heavy atom. The first-order valence-corrected chi connectivity index (χ1v) is 7.09. The summed E-state index contributed by atoms with van der Waals surface area (Å²) < 4.78 is 0. The molecule has 3 N–H and O–H groups in total. The molecule has 1 aliphatic rings. The Morgan fingerprint density at radius 1 is 0.957 bits per heavy atom. The predicted molar refractivity (Wildman–Crippen MR) is 104 cm³/mol. The van der Waals surface area contributed by atoms with Crippen molar-refractivity contribution in [3.8, 4) is 0 Å². The molecule has 0 amide bonds. The third kappa shape index (κ3) is 4.74. The zero-order valence-corrected chi connectivity index (χ0v) is 15.7. The molecule has 0 bridgehead atoms. The van der Waals surface area contributed by atoms with Crippen LogP contribution in [0.25, 0.3) is 0 Å². The van der Waals surface area contributed by atoms with Crippen LogP contribution in [0, 0.1) is 0 Å².